The molecule has 3 rings (SSSR count). The zero-order valence-corrected chi connectivity index (χ0v) is 10.9. The number of nitrogens with zero attached hydrogens (tertiary/aromatic N) is 5. The fourth-order valence-corrected chi connectivity index (χ4v) is 2.33. The van der Waals surface area contributed by atoms with Crippen molar-refractivity contribution in [3.05, 3.63) is 17.7 Å². The molecular weight excluding hydrogens is 264 g/mol. The number of aliphatic hydroxyl groups is 1. The number of esters is 1. The number of hydrogen-bond acceptors (Lipinski definition) is 7. The molecule has 0 aromatic carbocycles. The topological polar surface area (TPSA) is 119 Å². The number of nitrogens with one attached hydrogen (secondary N) is 1. The highest BCUT2D eigenvalue weighted by Gasteiger charge is 2.36. The molecule has 1 aliphatic carbocycles. The maximum Gasteiger partial charge on any atom is 0.375 e. The Morgan fingerprint density at radius 2 is 2.25 bits per heavy atom. The fourth-order valence-electron chi connectivity index (χ4n) is 2.33. The molecule has 0 amide bonds. The van der Waals surface area contributed by atoms with Crippen molar-refractivity contribution >= 4 is 5.97 Å². The molecule has 0 unspecified atom stereocenters. The van der Waals surface area contributed by atoms with Crippen LogP contribution in [0.25, 0.3) is 5.95 Å². The van der Waals surface area contributed by atoms with Gasteiger partial charge in [0.2, 0.25) is 5.82 Å². The van der Waals surface area contributed by atoms with Gasteiger partial charge in [0.15, 0.2) is 0 Å². The van der Waals surface area contributed by atoms with Gasteiger partial charge in [0.25, 0.3) is 5.95 Å². The van der Waals surface area contributed by atoms with E-state index < -0.39 is 11.6 Å². The Morgan fingerprint density at radius 3 is 2.95 bits per heavy atom. The zero-order valence-electron chi connectivity index (χ0n) is 10.9. The molecule has 1 fully saturated rings. The molecule has 0 spiro atoms. The van der Waals surface area contributed by atoms with Crippen molar-refractivity contribution in [2.45, 2.75) is 31.3 Å². The van der Waals surface area contributed by atoms with Crippen LogP contribution in [0.15, 0.2) is 6.20 Å². The van der Waals surface area contributed by atoms with E-state index >= 15 is 0 Å². The number of ether oxygens (including phenoxy) is 1. The van der Waals surface area contributed by atoms with Crippen LogP contribution in [0.3, 0.4) is 0 Å². The highest BCUT2D eigenvalue weighted by atomic mass is 16.5. The standard InChI is InChI=1S/C11H14N6O3/c1-20-9(18)8-12-10(15-14-8)17-6-7(13-16-17)11(19)4-2-3-5-11/h6,19H,2-5H2,1H3,(H,12,14,15). The SMILES string of the molecule is COC(=O)c1nc(-n2cc(C3(O)CCCC3)nn2)n[nH]1. The highest BCUT2D eigenvalue weighted by Crippen LogP contribution is 2.37. The second-order valence-corrected chi connectivity index (χ2v) is 4.76. The van der Waals surface area contributed by atoms with Crippen LogP contribution in [0.5, 0.6) is 0 Å². The van der Waals surface area contributed by atoms with Crippen LogP contribution < -0.4 is 0 Å². The number of carbonyl (C=O) groups is 1. The van der Waals surface area contributed by atoms with Gasteiger partial charge in [-0.2, -0.15) is 9.67 Å². The zero-order chi connectivity index (χ0) is 14.2. The van der Waals surface area contributed by atoms with Crippen LogP contribution in [0, 0.1) is 0 Å². The van der Waals surface area contributed by atoms with Crippen LogP contribution in [0.2, 0.25) is 0 Å². The van der Waals surface area contributed by atoms with Crippen molar-refractivity contribution in [3.8, 4) is 5.95 Å². The molecule has 2 aromatic heterocycles. The quantitative estimate of drug-likeness (QED) is 0.754. The minimum Gasteiger partial charge on any atom is -0.463 e. The van der Waals surface area contributed by atoms with Gasteiger partial charge < -0.3 is 9.84 Å². The van der Waals surface area contributed by atoms with E-state index in [0.29, 0.717) is 18.5 Å². The van der Waals surface area contributed by atoms with Gasteiger partial charge in [0, 0.05) is 0 Å². The van der Waals surface area contributed by atoms with E-state index in [4.69, 9.17) is 0 Å². The maximum absolute atomic E-state index is 11.3. The summed E-state index contributed by atoms with van der Waals surface area (Å²) in [5.41, 5.74) is -0.417. The second kappa shape index (κ2) is 4.67. The van der Waals surface area contributed by atoms with E-state index in [0.717, 1.165) is 12.8 Å². The summed E-state index contributed by atoms with van der Waals surface area (Å²) in [7, 11) is 1.26. The molecule has 0 radical (unpaired) electrons. The first kappa shape index (κ1) is 12.7. The largest absolute Gasteiger partial charge is 0.463 e. The van der Waals surface area contributed by atoms with Crippen LogP contribution in [-0.4, -0.2) is 48.4 Å². The van der Waals surface area contributed by atoms with Gasteiger partial charge in [-0.05, 0) is 12.8 Å². The summed E-state index contributed by atoms with van der Waals surface area (Å²) in [6, 6.07) is 0. The van der Waals surface area contributed by atoms with Crippen molar-refractivity contribution in [3.63, 3.8) is 0 Å². The highest BCUT2D eigenvalue weighted by molar-refractivity contribution is 5.84. The molecule has 2 heterocycles. The summed E-state index contributed by atoms with van der Waals surface area (Å²) in [4.78, 5) is 15.2. The number of rotatable bonds is 3. The van der Waals surface area contributed by atoms with Crippen LogP contribution in [0.4, 0.5) is 0 Å². The molecule has 0 atom stereocenters. The normalized spacial score (nSPS) is 17.3. The number of aromatic amines is 1. The second-order valence-electron chi connectivity index (χ2n) is 4.76. The summed E-state index contributed by atoms with van der Waals surface area (Å²) in [6.07, 6.45) is 4.86. The lowest BCUT2D eigenvalue weighted by Crippen LogP contribution is -2.21. The molecule has 106 valence electrons. The van der Waals surface area contributed by atoms with Gasteiger partial charge in [-0.3, -0.25) is 5.10 Å². The summed E-state index contributed by atoms with van der Waals surface area (Å²) in [5, 5.41) is 24.6. The fraction of sp³-hybridized carbons (Fsp3) is 0.545. The van der Waals surface area contributed by atoms with E-state index in [9.17, 15) is 9.90 Å². The number of aromatic nitrogens is 6. The van der Waals surface area contributed by atoms with Crippen molar-refractivity contribution in [1.82, 2.24) is 30.2 Å². The van der Waals surface area contributed by atoms with Crippen molar-refractivity contribution in [1.29, 1.82) is 0 Å². The Balaban J connectivity index is 1.86. The molecule has 2 N–H and O–H groups in total. The van der Waals surface area contributed by atoms with Gasteiger partial charge in [-0.15, -0.1) is 10.2 Å². The van der Waals surface area contributed by atoms with Crippen LogP contribution in [0.1, 0.15) is 42.0 Å². The third-order valence-electron chi connectivity index (χ3n) is 3.46. The van der Waals surface area contributed by atoms with E-state index in [1.807, 2.05) is 0 Å². The monoisotopic (exact) mass is 278 g/mol. The smallest absolute Gasteiger partial charge is 0.375 e. The van der Waals surface area contributed by atoms with Crippen molar-refractivity contribution in [2.24, 2.45) is 0 Å². The van der Waals surface area contributed by atoms with Crippen molar-refractivity contribution in [2.75, 3.05) is 7.11 Å². The van der Waals surface area contributed by atoms with Crippen LogP contribution in [-0.2, 0) is 10.3 Å². The average Bonchev–Trinajstić information content (AvgIpc) is 3.17. The maximum atomic E-state index is 11.3. The van der Waals surface area contributed by atoms with E-state index in [-0.39, 0.29) is 11.8 Å². The van der Waals surface area contributed by atoms with Gasteiger partial charge in [0.1, 0.15) is 11.3 Å². The number of methoxy groups -OCH3 is 1. The summed E-state index contributed by atoms with van der Waals surface area (Å²) < 4.78 is 5.84. The number of hydrogen-bond donors (Lipinski definition) is 2. The molecule has 1 aliphatic rings. The van der Waals surface area contributed by atoms with Gasteiger partial charge in [-0.1, -0.05) is 18.1 Å². The summed E-state index contributed by atoms with van der Waals surface area (Å²) in [5.74, 6) is -0.455. The summed E-state index contributed by atoms with van der Waals surface area (Å²) in [6.45, 7) is 0. The Hall–Kier alpha value is -2.29. The Labute approximate surface area is 114 Å². The average molecular weight is 278 g/mol. The van der Waals surface area contributed by atoms with E-state index in [1.165, 1.54) is 11.8 Å². The third kappa shape index (κ3) is 2.05. The Bertz CT molecular complexity index is 628. The lowest BCUT2D eigenvalue weighted by molar-refractivity contribution is 0.0398. The Morgan fingerprint density at radius 1 is 1.50 bits per heavy atom. The summed E-state index contributed by atoms with van der Waals surface area (Å²) >= 11 is 0. The first-order chi connectivity index (χ1) is 9.62. The lowest BCUT2D eigenvalue weighted by atomic mass is 9.99. The predicted molar refractivity (Wildman–Crippen MR) is 65.0 cm³/mol. The van der Waals surface area contributed by atoms with E-state index in [1.54, 1.807) is 6.20 Å². The Kier molecular flexibility index (Phi) is 2.97. The predicted octanol–water partition coefficient (Wildman–Crippen LogP) is -0.0664. The van der Waals surface area contributed by atoms with Crippen LogP contribution >= 0.6 is 0 Å². The first-order valence-corrected chi connectivity index (χ1v) is 6.29. The van der Waals surface area contributed by atoms with Gasteiger partial charge >= 0.3 is 5.97 Å². The minimum atomic E-state index is -0.917. The number of carbonyl (C=O) groups excluding carboxylic acids is 1. The lowest BCUT2D eigenvalue weighted by Gasteiger charge is -2.17. The third-order valence-corrected chi connectivity index (χ3v) is 3.46. The number of H-pyrrole nitrogens is 1. The molecule has 0 aliphatic heterocycles. The first-order valence-electron chi connectivity index (χ1n) is 6.29. The molecule has 2 aromatic rings. The molecule has 9 nitrogen and oxygen atoms in total. The molecule has 0 saturated heterocycles. The van der Waals surface area contributed by atoms with E-state index in [2.05, 4.69) is 30.2 Å². The molecular formula is C11H14N6O3. The molecule has 20 heavy (non-hydrogen) atoms. The molecule has 1 saturated carbocycles. The molecule has 9 heteroatoms. The molecule has 0 bridgehead atoms. The van der Waals surface area contributed by atoms with Gasteiger partial charge in [-0.25, -0.2) is 4.79 Å². The minimum absolute atomic E-state index is 0.0147. The van der Waals surface area contributed by atoms with Crippen molar-refractivity contribution < 1.29 is 14.6 Å². The van der Waals surface area contributed by atoms with Gasteiger partial charge in [0.05, 0.1) is 13.3 Å².